The minimum Gasteiger partial charge on any atom is -0.496 e. The largest absolute Gasteiger partial charge is 0.496 e. The van der Waals surface area contributed by atoms with E-state index in [1.165, 1.54) is 30.4 Å². The van der Waals surface area contributed by atoms with E-state index in [0.717, 1.165) is 37.1 Å². The van der Waals surface area contributed by atoms with E-state index in [9.17, 15) is 0 Å². The first-order chi connectivity index (χ1) is 10.2. The highest BCUT2D eigenvalue weighted by Gasteiger charge is 2.20. The molecular weight excluding hydrogens is 262 g/mol. The zero-order valence-corrected chi connectivity index (χ0v) is 13.4. The third-order valence-corrected chi connectivity index (χ3v) is 3.94. The third-order valence-electron chi connectivity index (χ3n) is 3.94. The van der Waals surface area contributed by atoms with Crippen molar-refractivity contribution in [3.8, 4) is 5.75 Å². The molecule has 1 aromatic carbocycles. The molecule has 4 heteroatoms. The normalized spacial score (nSPS) is 14.9. The van der Waals surface area contributed by atoms with E-state index in [-0.39, 0.29) is 0 Å². The number of hydrogen-bond donors (Lipinski definition) is 2. The Morgan fingerprint density at radius 1 is 1.29 bits per heavy atom. The smallest absolute Gasteiger partial charge is 0.190 e. The number of nitrogens with one attached hydrogen (secondary N) is 2. The molecule has 2 rings (SSSR count). The Bertz CT molecular complexity index is 481. The molecule has 2 N–H and O–H groups in total. The molecule has 0 unspecified atom stereocenters. The molecule has 0 atom stereocenters. The predicted octanol–water partition coefficient (Wildman–Crippen LogP) is 2.51. The summed E-state index contributed by atoms with van der Waals surface area (Å²) in [6.07, 6.45) is 5.03. The number of guanidine groups is 1. The molecule has 0 bridgehead atoms. The van der Waals surface area contributed by atoms with Gasteiger partial charge in [0.2, 0.25) is 0 Å². The summed E-state index contributed by atoms with van der Waals surface area (Å²) in [7, 11) is 3.54. The molecule has 0 saturated heterocycles. The van der Waals surface area contributed by atoms with Crippen molar-refractivity contribution in [3.63, 3.8) is 0 Å². The van der Waals surface area contributed by atoms with Gasteiger partial charge in [-0.1, -0.05) is 25.0 Å². The van der Waals surface area contributed by atoms with Gasteiger partial charge in [-0.3, -0.25) is 4.99 Å². The van der Waals surface area contributed by atoms with Crippen LogP contribution in [0.2, 0.25) is 0 Å². The fraction of sp³-hybridized carbons (Fsp3) is 0.588. The van der Waals surface area contributed by atoms with Crippen LogP contribution in [-0.4, -0.2) is 33.2 Å². The average Bonchev–Trinajstić information content (AvgIpc) is 3.31. The minimum atomic E-state index is 0.870. The summed E-state index contributed by atoms with van der Waals surface area (Å²) < 4.78 is 5.36. The maximum absolute atomic E-state index is 5.36. The first-order valence-corrected chi connectivity index (χ1v) is 7.81. The second kappa shape index (κ2) is 7.91. The lowest BCUT2D eigenvalue weighted by Crippen LogP contribution is -2.38. The maximum atomic E-state index is 5.36. The average molecular weight is 289 g/mol. The van der Waals surface area contributed by atoms with Crippen molar-refractivity contribution in [2.24, 2.45) is 10.9 Å². The van der Waals surface area contributed by atoms with E-state index < -0.39 is 0 Å². The Kier molecular flexibility index (Phi) is 5.90. The lowest BCUT2D eigenvalue weighted by Gasteiger charge is -2.12. The van der Waals surface area contributed by atoms with Gasteiger partial charge < -0.3 is 15.4 Å². The van der Waals surface area contributed by atoms with E-state index in [0.29, 0.717) is 0 Å². The van der Waals surface area contributed by atoms with Crippen LogP contribution in [0.1, 0.15) is 30.4 Å². The van der Waals surface area contributed by atoms with Crippen molar-refractivity contribution >= 4 is 5.96 Å². The van der Waals surface area contributed by atoms with Crippen LogP contribution < -0.4 is 15.4 Å². The summed E-state index contributed by atoms with van der Waals surface area (Å²) in [5.41, 5.74) is 2.45. The number of methoxy groups -OCH3 is 1. The Balaban J connectivity index is 1.71. The summed E-state index contributed by atoms with van der Waals surface area (Å²) in [5.74, 6) is 2.81. The monoisotopic (exact) mass is 289 g/mol. The van der Waals surface area contributed by atoms with Gasteiger partial charge >= 0.3 is 0 Å². The number of aryl methyl sites for hydroxylation is 1. The summed E-state index contributed by atoms with van der Waals surface area (Å²) in [4.78, 5) is 4.25. The SMILES string of the molecule is CN=C(NCCc1ccc(C)c(OC)c1)NCCC1CC1. The standard InChI is InChI=1S/C17H27N3O/c1-13-4-5-15(12-16(13)21-3)9-11-20-17(18-2)19-10-8-14-6-7-14/h4-5,12,14H,6-11H2,1-3H3,(H2,18,19,20). The molecule has 1 aliphatic rings. The van der Waals surface area contributed by atoms with E-state index >= 15 is 0 Å². The Morgan fingerprint density at radius 3 is 2.71 bits per heavy atom. The molecule has 21 heavy (non-hydrogen) atoms. The van der Waals surface area contributed by atoms with Crippen LogP contribution in [0.25, 0.3) is 0 Å². The zero-order chi connectivity index (χ0) is 15.1. The highest BCUT2D eigenvalue weighted by molar-refractivity contribution is 5.79. The molecule has 0 aromatic heterocycles. The van der Waals surface area contributed by atoms with Crippen molar-refractivity contribution in [3.05, 3.63) is 29.3 Å². The van der Waals surface area contributed by atoms with Crippen LogP contribution in [-0.2, 0) is 6.42 Å². The molecule has 0 radical (unpaired) electrons. The summed E-state index contributed by atoms with van der Waals surface area (Å²) in [6.45, 7) is 3.95. The molecule has 0 heterocycles. The molecule has 116 valence electrons. The Labute approximate surface area is 128 Å². The van der Waals surface area contributed by atoms with E-state index in [1.54, 1.807) is 7.11 Å². The number of nitrogens with zero attached hydrogens (tertiary/aromatic N) is 1. The van der Waals surface area contributed by atoms with Gasteiger partial charge in [0.1, 0.15) is 5.75 Å². The van der Waals surface area contributed by atoms with Gasteiger partial charge in [-0.2, -0.15) is 0 Å². The highest BCUT2D eigenvalue weighted by atomic mass is 16.5. The van der Waals surface area contributed by atoms with Crippen LogP contribution in [0.4, 0.5) is 0 Å². The van der Waals surface area contributed by atoms with Gasteiger partial charge in [-0.25, -0.2) is 0 Å². The topological polar surface area (TPSA) is 45.7 Å². The molecule has 1 aromatic rings. The highest BCUT2D eigenvalue weighted by Crippen LogP contribution is 2.31. The molecular formula is C17H27N3O. The molecule has 1 fully saturated rings. The van der Waals surface area contributed by atoms with Gasteiger partial charge in [-0.05, 0) is 42.9 Å². The molecule has 4 nitrogen and oxygen atoms in total. The van der Waals surface area contributed by atoms with Crippen LogP contribution in [0.3, 0.4) is 0 Å². The van der Waals surface area contributed by atoms with Crippen molar-refractivity contribution in [2.75, 3.05) is 27.2 Å². The van der Waals surface area contributed by atoms with Gasteiger partial charge in [0.15, 0.2) is 5.96 Å². The molecule has 0 spiro atoms. The van der Waals surface area contributed by atoms with Gasteiger partial charge in [-0.15, -0.1) is 0 Å². The number of rotatable bonds is 7. The first kappa shape index (κ1) is 15.7. The summed E-state index contributed by atoms with van der Waals surface area (Å²) in [5, 5.41) is 6.74. The van der Waals surface area contributed by atoms with Crippen LogP contribution >= 0.6 is 0 Å². The van der Waals surface area contributed by atoms with Gasteiger partial charge in [0.25, 0.3) is 0 Å². The lowest BCUT2D eigenvalue weighted by atomic mass is 10.1. The van der Waals surface area contributed by atoms with Crippen LogP contribution in [0, 0.1) is 12.8 Å². The summed E-state index contributed by atoms with van der Waals surface area (Å²) >= 11 is 0. The van der Waals surface area contributed by atoms with Gasteiger partial charge in [0, 0.05) is 20.1 Å². The molecule has 1 saturated carbocycles. The van der Waals surface area contributed by atoms with Crippen molar-refractivity contribution in [1.29, 1.82) is 0 Å². The maximum Gasteiger partial charge on any atom is 0.190 e. The van der Waals surface area contributed by atoms with Crippen molar-refractivity contribution < 1.29 is 4.74 Å². The molecule has 0 amide bonds. The zero-order valence-electron chi connectivity index (χ0n) is 13.4. The molecule has 1 aliphatic carbocycles. The quantitative estimate of drug-likeness (QED) is 0.599. The number of hydrogen-bond acceptors (Lipinski definition) is 2. The Morgan fingerprint density at radius 2 is 2.05 bits per heavy atom. The second-order valence-corrected chi connectivity index (χ2v) is 5.71. The Hall–Kier alpha value is -1.71. The van der Waals surface area contributed by atoms with Crippen LogP contribution in [0.5, 0.6) is 5.75 Å². The number of benzene rings is 1. The minimum absolute atomic E-state index is 0.870. The van der Waals surface area contributed by atoms with Crippen molar-refractivity contribution in [1.82, 2.24) is 10.6 Å². The molecule has 0 aliphatic heterocycles. The first-order valence-electron chi connectivity index (χ1n) is 7.81. The predicted molar refractivity (Wildman–Crippen MR) is 88.1 cm³/mol. The summed E-state index contributed by atoms with van der Waals surface area (Å²) in [6, 6.07) is 6.37. The lowest BCUT2D eigenvalue weighted by molar-refractivity contribution is 0.411. The third kappa shape index (κ3) is 5.29. The van der Waals surface area contributed by atoms with E-state index in [2.05, 4.69) is 40.7 Å². The fourth-order valence-electron chi connectivity index (χ4n) is 2.37. The van der Waals surface area contributed by atoms with E-state index in [4.69, 9.17) is 4.74 Å². The number of ether oxygens (including phenoxy) is 1. The second-order valence-electron chi connectivity index (χ2n) is 5.71. The van der Waals surface area contributed by atoms with Gasteiger partial charge in [0.05, 0.1) is 7.11 Å². The fourth-order valence-corrected chi connectivity index (χ4v) is 2.37. The van der Waals surface area contributed by atoms with E-state index in [1.807, 2.05) is 7.05 Å². The number of aliphatic imine (C=N–C) groups is 1. The van der Waals surface area contributed by atoms with Crippen molar-refractivity contribution in [2.45, 2.75) is 32.6 Å². The van der Waals surface area contributed by atoms with Crippen LogP contribution in [0.15, 0.2) is 23.2 Å².